The highest BCUT2D eigenvalue weighted by molar-refractivity contribution is 5.89. The molecule has 2 aromatic carbocycles. The van der Waals surface area contributed by atoms with Crippen molar-refractivity contribution in [1.29, 1.82) is 0 Å². The summed E-state index contributed by atoms with van der Waals surface area (Å²) in [6, 6.07) is 4.61. The first kappa shape index (κ1) is 47.5. The van der Waals surface area contributed by atoms with Crippen LogP contribution < -0.4 is 21.2 Å². The second-order valence-electron chi connectivity index (χ2n) is 16.4. The highest BCUT2D eigenvalue weighted by Crippen LogP contribution is 2.52. The second-order valence-corrected chi connectivity index (χ2v) is 16.4. The summed E-state index contributed by atoms with van der Waals surface area (Å²) in [7, 11) is 0. The number of carboxylic acid groups (broad SMARTS) is 1. The van der Waals surface area contributed by atoms with Crippen molar-refractivity contribution < 1.29 is 99.3 Å². The Kier molecular flexibility index (Phi) is 13.0. The molecule has 4 aliphatic rings. The molecule has 7 rings (SSSR count). The fourth-order valence-electron chi connectivity index (χ4n) is 8.78. The Balaban J connectivity index is 1.35. The minimum atomic E-state index is -3.64. The molecule has 0 radical (unpaired) electrons. The number of hydrogen-bond donors (Lipinski definition) is 15. The molecule has 4 aliphatic heterocycles. The molecule has 2 fully saturated rings. The standard InChI is InChI=1S/C42H50N2O21/c1-2-16-10-19(15-44-37(16)43)20-4-7-41(62-25-14-24-27(29(50)26(20)25)21(47)13-23(61-24)18-11-17(5-9-46)28(49)22(48)12-18)33(53)31(52)30(51)32(63-41)39(58)65-40(6-3-8-45)34(54)35(55)42(59,60)36(64-40)38(56)57/h10-15,20,30-37,44-46,48-55,59-60H,2-9,43H2,1H3,(H,56,57)/t20-,30+,31+,32+,33-,34-,35-,36-,37?,40-,41+/m1/s1. The Bertz CT molecular complexity index is 2470. The molecule has 5 heterocycles. The van der Waals surface area contributed by atoms with E-state index >= 15 is 0 Å². The van der Waals surface area contributed by atoms with Gasteiger partial charge in [-0.05, 0) is 49.0 Å². The number of esters is 1. The molecule has 1 unspecified atom stereocenters. The van der Waals surface area contributed by atoms with Gasteiger partial charge in [-0.1, -0.05) is 13.0 Å². The lowest BCUT2D eigenvalue weighted by Gasteiger charge is -2.51. The Hall–Kier alpha value is -5.41. The molecule has 1 aromatic heterocycles. The fraction of sp³-hybridized carbons (Fsp3) is 0.500. The van der Waals surface area contributed by atoms with Crippen LogP contribution in [-0.4, -0.2) is 158 Å². The van der Waals surface area contributed by atoms with Crippen LogP contribution in [0.5, 0.6) is 23.0 Å². The molecule has 0 aliphatic carbocycles. The molecule has 3 aromatic rings. The number of aliphatic hydroxyl groups is 9. The van der Waals surface area contributed by atoms with Gasteiger partial charge < -0.3 is 101 Å². The maximum absolute atomic E-state index is 14.2. The first-order valence-corrected chi connectivity index (χ1v) is 20.5. The van der Waals surface area contributed by atoms with Crippen LogP contribution >= 0.6 is 0 Å². The zero-order chi connectivity index (χ0) is 47.5. The number of aromatic hydroxyl groups is 3. The summed E-state index contributed by atoms with van der Waals surface area (Å²) in [5.41, 5.74) is 6.41. The lowest BCUT2D eigenvalue weighted by molar-refractivity contribution is -0.412. The van der Waals surface area contributed by atoms with Crippen molar-refractivity contribution in [3.8, 4) is 34.3 Å². The average Bonchev–Trinajstić information content (AvgIpc) is 3.42. The van der Waals surface area contributed by atoms with Crippen molar-refractivity contribution >= 4 is 22.9 Å². The summed E-state index contributed by atoms with van der Waals surface area (Å²) in [6.07, 6.45) is -16.3. The maximum Gasteiger partial charge on any atom is 0.340 e. The smallest absolute Gasteiger partial charge is 0.340 e. The summed E-state index contributed by atoms with van der Waals surface area (Å²) in [4.78, 5) is 40.1. The van der Waals surface area contributed by atoms with Crippen LogP contribution in [0.3, 0.4) is 0 Å². The number of carboxylic acids is 1. The van der Waals surface area contributed by atoms with Gasteiger partial charge in [0.2, 0.25) is 23.5 Å². The quantitative estimate of drug-likeness (QED) is 0.0539. The monoisotopic (exact) mass is 918 g/mol. The largest absolute Gasteiger partial charge is 0.507 e. The van der Waals surface area contributed by atoms with Crippen LogP contribution in [0.2, 0.25) is 0 Å². The molecule has 23 heteroatoms. The number of rotatable bonds is 11. The number of phenols is 3. The van der Waals surface area contributed by atoms with E-state index in [-0.39, 0.29) is 52.0 Å². The van der Waals surface area contributed by atoms with E-state index in [0.717, 1.165) is 23.8 Å². The number of allylic oxidation sites excluding steroid dienone is 2. The Labute approximate surface area is 367 Å². The number of hydrogen-bond acceptors (Lipinski definition) is 22. The predicted molar refractivity (Wildman–Crippen MR) is 216 cm³/mol. The van der Waals surface area contributed by atoms with Crippen LogP contribution in [0, 0.1) is 0 Å². The van der Waals surface area contributed by atoms with Gasteiger partial charge >= 0.3 is 11.9 Å². The highest BCUT2D eigenvalue weighted by Gasteiger charge is 2.66. The summed E-state index contributed by atoms with van der Waals surface area (Å²) >= 11 is 0. The number of carbonyl (C=O) groups excluding carboxylic acids is 1. The van der Waals surface area contributed by atoms with Crippen LogP contribution in [0.4, 0.5) is 0 Å². The first-order chi connectivity index (χ1) is 30.6. The number of aliphatic carboxylic acids is 1. The zero-order valence-electron chi connectivity index (χ0n) is 34.5. The van der Waals surface area contributed by atoms with Crippen molar-refractivity contribution in [1.82, 2.24) is 5.32 Å². The predicted octanol–water partition coefficient (Wildman–Crippen LogP) is -2.45. The normalized spacial score (nSPS) is 32.1. The van der Waals surface area contributed by atoms with E-state index in [9.17, 15) is 80.8 Å². The zero-order valence-corrected chi connectivity index (χ0v) is 34.5. The summed E-state index contributed by atoms with van der Waals surface area (Å²) in [5.74, 6) is -16.3. The second kappa shape index (κ2) is 17.8. The van der Waals surface area contributed by atoms with Crippen molar-refractivity contribution in [3.05, 3.63) is 69.0 Å². The van der Waals surface area contributed by atoms with E-state index in [1.165, 1.54) is 6.07 Å². The molecule has 11 atom stereocenters. The van der Waals surface area contributed by atoms with Crippen LogP contribution in [0.15, 0.2) is 56.9 Å². The van der Waals surface area contributed by atoms with E-state index in [2.05, 4.69) is 5.32 Å². The van der Waals surface area contributed by atoms with E-state index in [1.807, 2.05) is 6.92 Å². The third-order valence-corrected chi connectivity index (χ3v) is 12.3. The van der Waals surface area contributed by atoms with Gasteiger partial charge in [-0.25, -0.2) is 9.59 Å². The molecular formula is C42H50N2O21. The average molecular weight is 919 g/mol. The topological polar surface area (TPSA) is 402 Å². The molecule has 65 heavy (non-hydrogen) atoms. The number of aliphatic hydroxyl groups excluding tert-OH is 7. The number of phenolic OH excluding ortho intramolecular Hbond substituents is 3. The first-order valence-electron chi connectivity index (χ1n) is 20.5. The van der Waals surface area contributed by atoms with E-state index in [1.54, 1.807) is 12.3 Å². The molecular weight excluding hydrogens is 868 g/mol. The molecule has 0 bridgehead atoms. The van der Waals surface area contributed by atoms with Gasteiger partial charge in [0.25, 0.3) is 0 Å². The molecule has 2 saturated heterocycles. The van der Waals surface area contributed by atoms with Gasteiger partial charge in [0.1, 0.15) is 52.6 Å². The number of ether oxygens (including phenoxy) is 4. The summed E-state index contributed by atoms with van der Waals surface area (Å²) in [6.45, 7) is 0.752. The minimum Gasteiger partial charge on any atom is -0.507 e. The van der Waals surface area contributed by atoms with Gasteiger partial charge in [-0.15, -0.1) is 0 Å². The lowest BCUT2D eigenvalue weighted by Crippen LogP contribution is -2.74. The van der Waals surface area contributed by atoms with E-state index < -0.39 is 139 Å². The van der Waals surface area contributed by atoms with Gasteiger partial charge in [0, 0.05) is 67.0 Å². The van der Waals surface area contributed by atoms with Crippen LogP contribution in [0.1, 0.15) is 56.1 Å². The number of carbonyl (C=O) groups is 2. The summed E-state index contributed by atoms with van der Waals surface area (Å²) < 4.78 is 29.2. The number of nitrogens with one attached hydrogen (secondary N) is 1. The molecule has 0 amide bonds. The van der Waals surface area contributed by atoms with Crippen LogP contribution in [-0.2, 0) is 30.2 Å². The fourth-order valence-corrected chi connectivity index (χ4v) is 8.78. The Morgan fingerprint density at radius 2 is 1.66 bits per heavy atom. The van der Waals surface area contributed by atoms with E-state index in [0.29, 0.717) is 12.0 Å². The van der Waals surface area contributed by atoms with E-state index in [4.69, 9.17) is 29.1 Å². The minimum absolute atomic E-state index is 0.0682. The van der Waals surface area contributed by atoms with Crippen LogP contribution in [0.25, 0.3) is 22.3 Å². The molecule has 16 N–H and O–H groups in total. The Morgan fingerprint density at radius 1 is 0.938 bits per heavy atom. The number of dihydropyridines is 1. The number of fused-ring (bicyclic) bond motifs is 2. The lowest BCUT2D eigenvalue weighted by atomic mass is 9.81. The highest BCUT2D eigenvalue weighted by atomic mass is 16.8. The van der Waals surface area contributed by atoms with Crippen molar-refractivity contribution in [2.45, 2.75) is 118 Å². The molecule has 23 nitrogen and oxygen atoms in total. The number of nitrogens with two attached hydrogens (primary N) is 1. The molecule has 1 spiro atoms. The summed E-state index contributed by atoms with van der Waals surface area (Å²) in [5, 5.41) is 141. The van der Waals surface area contributed by atoms with Crippen molar-refractivity contribution in [2.75, 3.05) is 13.2 Å². The third kappa shape index (κ3) is 8.17. The molecule has 354 valence electrons. The van der Waals surface area contributed by atoms with Crippen molar-refractivity contribution in [3.63, 3.8) is 0 Å². The Morgan fingerprint density at radius 3 is 2.32 bits per heavy atom. The van der Waals surface area contributed by atoms with Gasteiger partial charge in [0.15, 0.2) is 29.1 Å². The SMILES string of the molecule is CCC1=CC([C@H]2CC[C@]3(Oc4cc5oc(-c6cc(O)c(O)c(CCO)c6)cc(=O)c5c(O)c42)O[C@H](C(=O)O[C@@]2(CCCO)O[C@H](C(=O)O)C(O)(O)[C@H](O)[C@H]2O)[C@@H](O)[C@H](O)[C@H]3O)=CNC1N. The van der Waals surface area contributed by atoms with Gasteiger partial charge in [-0.2, -0.15) is 0 Å². The maximum atomic E-state index is 14.2. The third-order valence-electron chi connectivity index (χ3n) is 12.3. The van der Waals surface area contributed by atoms with Crippen molar-refractivity contribution in [2.24, 2.45) is 5.73 Å². The van der Waals surface area contributed by atoms with Gasteiger partial charge in [0.05, 0.1) is 6.17 Å². The van der Waals surface area contributed by atoms with Gasteiger partial charge in [-0.3, -0.25) is 4.79 Å². The molecule has 0 saturated carbocycles. The number of benzene rings is 2.